The van der Waals surface area contributed by atoms with Crippen LogP contribution in [0.1, 0.15) is 5.56 Å². The van der Waals surface area contributed by atoms with Gasteiger partial charge in [-0.05, 0) is 39.7 Å². The van der Waals surface area contributed by atoms with Crippen LogP contribution in [0.2, 0.25) is 0 Å². The molecule has 1 aromatic carbocycles. The fraction of sp³-hybridized carbons (Fsp3) is 0.154. The van der Waals surface area contributed by atoms with E-state index in [1.165, 1.54) is 19.4 Å². The summed E-state index contributed by atoms with van der Waals surface area (Å²) in [4.78, 5) is 4.01. The highest BCUT2D eigenvalue weighted by atomic mass is 79.9. The highest BCUT2D eigenvalue weighted by Crippen LogP contribution is 2.25. The van der Waals surface area contributed by atoms with E-state index < -0.39 is 10.0 Å². The number of nitrogens with zero attached hydrogens (tertiary/aromatic N) is 1. The second kappa shape index (κ2) is 6.42. The smallest absolute Gasteiger partial charge is 0.263 e. The van der Waals surface area contributed by atoms with E-state index in [0.717, 1.165) is 0 Å². The molecule has 0 spiro atoms. The average molecular weight is 373 g/mol. The van der Waals surface area contributed by atoms with Gasteiger partial charge >= 0.3 is 0 Å². The Balaban J connectivity index is 2.29. The molecule has 0 bridgehead atoms. The van der Waals surface area contributed by atoms with Gasteiger partial charge < -0.3 is 9.84 Å². The predicted octanol–water partition coefficient (Wildman–Crippen LogP) is 2.15. The summed E-state index contributed by atoms with van der Waals surface area (Å²) in [5.74, 6) is 0.395. The lowest BCUT2D eigenvalue weighted by Crippen LogP contribution is -2.14. The molecule has 0 aliphatic heterocycles. The lowest BCUT2D eigenvalue weighted by atomic mass is 10.2. The van der Waals surface area contributed by atoms with Crippen LogP contribution in [0.25, 0.3) is 0 Å². The SMILES string of the molecule is COc1ccc(NS(=O)(=O)c2ccc(CO)cc2Br)cn1. The molecular weight excluding hydrogens is 360 g/mol. The Labute approximate surface area is 131 Å². The minimum atomic E-state index is -3.75. The number of ether oxygens (including phenoxy) is 1. The van der Waals surface area contributed by atoms with Gasteiger partial charge in [0.05, 0.1) is 25.6 Å². The summed E-state index contributed by atoms with van der Waals surface area (Å²) >= 11 is 3.19. The molecule has 8 heteroatoms. The predicted molar refractivity (Wildman–Crippen MR) is 81.7 cm³/mol. The maximum absolute atomic E-state index is 12.3. The van der Waals surface area contributed by atoms with Crippen molar-refractivity contribution < 1.29 is 18.3 Å². The van der Waals surface area contributed by atoms with E-state index in [4.69, 9.17) is 9.84 Å². The quantitative estimate of drug-likeness (QED) is 0.839. The number of methoxy groups -OCH3 is 1. The Hall–Kier alpha value is -1.64. The monoisotopic (exact) mass is 372 g/mol. The van der Waals surface area contributed by atoms with Crippen molar-refractivity contribution in [2.24, 2.45) is 0 Å². The molecule has 0 radical (unpaired) electrons. The van der Waals surface area contributed by atoms with E-state index in [-0.39, 0.29) is 11.5 Å². The summed E-state index contributed by atoms with van der Waals surface area (Å²) < 4.78 is 32.3. The van der Waals surface area contributed by atoms with E-state index in [9.17, 15) is 8.42 Å². The first-order chi connectivity index (χ1) is 9.96. The molecule has 0 amide bonds. The molecule has 0 atom stereocenters. The molecule has 2 rings (SSSR count). The van der Waals surface area contributed by atoms with Crippen molar-refractivity contribution in [3.8, 4) is 5.88 Å². The van der Waals surface area contributed by atoms with Gasteiger partial charge in [-0.25, -0.2) is 13.4 Å². The number of benzene rings is 1. The lowest BCUT2D eigenvalue weighted by molar-refractivity contribution is 0.281. The third-order valence-electron chi connectivity index (χ3n) is 2.67. The zero-order valence-corrected chi connectivity index (χ0v) is 13.5. The van der Waals surface area contributed by atoms with Gasteiger partial charge in [0.2, 0.25) is 5.88 Å². The molecule has 0 fully saturated rings. The third kappa shape index (κ3) is 3.72. The van der Waals surface area contributed by atoms with Crippen LogP contribution in [0.15, 0.2) is 45.9 Å². The van der Waals surface area contributed by atoms with Gasteiger partial charge in [-0.15, -0.1) is 0 Å². The first-order valence-electron chi connectivity index (χ1n) is 5.88. The van der Waals surface area contributed by atoms with Gasteiger partial charge in [0.1, 0.15) is 4.90 Å². The molecule has 2 aromatic rings. The second-order valence-electron chi connectivity index (χ2n) is 4.12. The molecule has 1 aromatic heterocycles. The number of hydrogen-bond acceptors (Lipinski definition) is 5. The Morgan fingerprint density at radius 1 is 1.33 bits per heavy atom. The molecule has 0 aliphatic rings. The van der Waals surface area contributed by atoms with Crippen LogP contribution >= 0.6 is 15.9 Å². The van der Waals surface area contributed by atoms with E-state index in [1.54, 1.807) is 24.3 Å². The molecule has 21 heavy (non-hydrogen) atoms. The van der Waals surface area contributed by atoms with Crippen LogP contribution in [-0.2, 0) is 16.6 Å². The molecular formula is C13H13BrN2O4S. The summed E-state index contributed by atoms with van der Waals surface area (Å²) in [6.45, 7) is -0.158. The number of pyridine rings is 1. The highest BCUT2D eigenvalue weighted by molar-refractivity contribution is 9.10. The summed E-state index contributed by atoms with van der Waals surface area (Å²) in [5, 5.41) is 9.03. The number of hydrogen-bond donors (Lipinski definition) is 2. The van der Waals surface area contributed by atoms with Crippen molar-refractivity contribution in [3.63, 3.8) is 0 Å². The first-order valence-corrected chi connectivity index (χ1v) is 8.16. The Morgan fingerprint density at radius 2 is 2.10 bits per heavy atom. The fourth-order valence-electron chi connectivity index (χ4n) is 1.63. The topological polar surface area (TPSA) is 88.5 Å². The van der Waals surface area contributed by atoms with Gasteiger partial charge in [0, 0.05) is 10.5 Å². The van der Waals surface area contributed by atoms with Crippen LogP contribution in [0.3, 0.4) is 0 Å². The lowest BCUT2D eigenvalue weighted by Gasteiger charge is -2.10. The van der Waals surface area contributed by atoms with Crippen molar-refractivity contribution in [1.82, 2.24) is 4.98 Å². The van der Waals surface area contributed by atoms with Gasteiger partial charge in [0.25, 0.3) is 10.0 Å². The average Bonchev–Trinajstić information content (AvgIpc) is 2.47. The van der Waals surface area contributed by atoms with Crippen LogP contribution in [0.5, 0.6) is 5.88 Å². The zero-order valence-electron chi connectivity index (χ0n) is 11.1. The number of nitrogens with one attached hydrogen (secondary N) is 1. The molecule has 0 saturated carbocycles. The molecule has 112 valence electrons. The minimum absolute atomic E-state index is 0.0792. The summed E-state index contributed by atoms with van der Waals surface area (Å²) in [5.41, 5.74) is 0.945. The first kappa shape index (κ1) is 15.7. The minimum Gasteiger partial charge on any atom is -0.481 e. The summed E-state index contributed by atoms with van der Waals surface area (Å²) in [7, 11) is -2.27. The number of halogens is 1. The number of aromatic nitrogens is 1. The Bertz CT molecular complexity index is 732. The van der Waals surface area contributed by atoms with E-state index in [0.29, 0.717) is 21.6 Å². The second-order valence-corrected chi connectivity index (χ2v) is 6.62. The molecule has 0 unspecified atom stereocenters. The fourth-order valence-corrected chi connectivity index (χ4v) is 3.80. The van der Waals surface area contributed by atoms with Crippen molar-refractivity contribution >= 4 is 31.6 Å². The summed E-state index contributed by atoms with van der Waals surface area (Å²) in [6.07, 6.45) is 1.37. The molecule has 6 nitrogen and oxygen atoms in total. The van der Waals surface area contributed by atoms with Gasteiger partial charge in [-0.1, -0.05) is 6.07 Å². The third-order valence-corrected chi connectivity index (χ3v) is 5.02. The van der Waals surface area contributed by atoms with Crippen LogP contribution in [0, 0.1) is 0 Å². The van der Waals surface area contributed by atoms with Crippen molar-refractivity contribution in [3.05, 3.63) is 46.6 Å². The van der Waals surface area contributed by atoms with Crippen LogP contribution in [-0.4, -0.2) is 25.6 Å². The van der Waals surface area contributed by atoms with Crippen molar-refractivity contribution in [1.29, 1.82) is 0 Å². The van der Waals surface area contributed by atoms with Crippen molar-refractivity contribution in [2.45, 2.75) is 11.5 Å². The standard InChI is InChI=1S/C13H13BrN2O4S/c1-20-13-5-3-10(7-15-13)16-21(18,19)12-4-2-9(8-17)6-11(12)14/h2-7,16-17H,8H2,1H3. The summed E-state index contributed by atoms with van der Waals surface area (Å²) in [6, 6.07) is 7.64. The molecule has 0 aliphatic carbocycles. The van der Waals surface area contributed by atoms with Gasteiger partial charge in [-0.2, -0.15) is 0 Å². The number of aliphatic hydroxyl groups excluding tert-OH is 1. The largest absolute Gasteiger partial charge is 0.481 e. The maximum atomic E-state index is 12.3. The zero-order chi connectivity index (χ0) is 15.5. The Kier molecular flexibility index (Phi) is 4.81. The molecule has 1 heterocycles. The Morgan fingerprint density at radius 3 is 2.62 bits per heavy atom. The maximum Gasteiger partial charge on any atom is 0.263 e. The van der Waals surface area contributed by atoms with Gasteiger partial charge in [-0.3, -0.25) is 4.72 Å². The van der Waals surface area contributed by atoms with Crippen LogP contribution in [0.4, 0.5) is 5.69 Å². The highest BCUT2D eigenvalue weighted by Gasteiger charge is 2.18. The molecule has 0 saturated heterocycles. The van der Waals surface area contributed by atoms with Gasteiger partial charge in [0.15, 0.2) is 0 Å². The number of rotatable bonds is 5. The number of sulfonamides is 1. The van der Waals surface area contributed by atoms with E-state index in [1.807, 2.05) is 0 Å². The number of aliphatic hydroxyl groups is 1. The van der Waals surface area contributed by atoms with E-state index >= 15 is 0 Å². The van der Waals surface area contributed by atoms with E-state index in [2.05, 4.69) is 25.6 Å². The van der Waals surface area contributed by atoms with Crippen LogP contribution < -0.4 is 9.46 Å². The van der Waals surface area contributed by atoms with Crippen molar-refractivity contribution in [2.75, 3.05) is 11.8 Å². The normalized spacial score (nSPS) is 11.2. The number of anilines is 1. The molecule has 2 N–H and O–H groups in total.